The Morgan fingerprint density at radius 1 is 1.31 bits per heavy atom. The van der Waals surface area contributed by atoms with Crippen molar-refractivity contribution in [2.45, 2.75) is 45.2 Å². The molecule has 138 valence electrons. The van der Waals surface area contributed by atoms with E-state index in [4.69, 9.17) is 4.74 Å². The van der Waals surface area contributed by atoms with Crippen LogP contribution in [0, 0.1) is 6.92 Å². The Balaban J connectivity index is 1.75. The van der Waals surface area contributed by atoms with Gasteiger partial charge in [0.05, 0.1) is 24.3 Å². The van der Waals surface area contributed by atoms with Crippen LogP contribution in [0.25, 0.3) is 10.9 Å². The van der Waals surface area contributed by atoms with E-state index in [1.54, 1.807) is 11.0 Å². The summed E-state index contributed by atoms with van der Waals surface area (Å²) < 4.78 is 6.27. The molecule has 3 rings (SSSR count). The molecule has 7 nitrogen and oxygen atoms in total. The molecular weight excluding hydrogens is 334 g/mol. The number of fused-ring (bicyclic) bond motifs is 1. The molecule has 0 radical (unpaired) electrons. The third-order valence-corrected chi connectivity index (χ3v) is 4.92. The number of rotatable bonds is 4. The lowest BCUT2D eigenvalue weighted by Crippen LogP contribution is -2.48. The SMILES string of the molecule is COC(=O)C1CCCCN1C(=O)CCn1cnc2c(C)cccc2c1=O. The van der Waals surface area contributed by atoms with Gasteiger partial charge in [0.15, 0.2) is 0 Å². The number of benzene rings is 1. The minimum absolute atomic E-state index is 0.142. The minimum atomic E-state index is -0.518. The standard InChI is InChI=1S/C19H23N3O4/c1-13-6-5-7-14-17(13)20-12-21(18(14)24)11-9-16(23)22-10-4-3-8-15(22)19(25)26-2/h5-7,12,15H,3-4,8-11H2,1-2H3. The highest BCUT2D eigenvalue weighted by atomic mass is 16.5. The van der Waals surface area contributed by atoms with Crippen molar-refractivity contribution in [1.29, 1.82) is 0 Å². The van der Waals surface area contributed by atoms with Crippen molar-refractivity contribution < 1.29 is 14.3 Å². The fourth-order valence-electron chi connectivity index (χ4n) is 3.47. The Hall–Kier alpha value is -2.70. The number of carbonyl (C=O) groups is 2. The van der Waals surface area contributed by atoms with Crippen LogP contribution in [0.3, 0.4) is 0 Å². The van der Waals surface area contributed by atoms with Crippen molar-refractivity contribution >= 4 is 22.8 Å². The summed E-state index contributed by atoms with van der Waals surface area (Å²) in [6.07, 6.45) is 4.02. The second kappa shape index (κ2) is 7.68. The first-order valence-corrected chi connectivity index (χ1v) is 8.85. The third kappa shape index (κ3) is 3.47. The first-order valence-electron chi connectivity index (χ1n) is 8.85. The molecular formula is C19H23N3O4. The van der Waals surface area contributed by atoms with Crippen molar-refractivity contribution in [2.24, 2.45) is 0 Å². The maximum Gasteiger partial charge on any atom is 0.328 e. The summed E-state index contributed by atoms with van der Waals surface area (Å²) >= 11 is 0. The van der Waals surface area contributed by atoms with Gasteiger partial charge < -0.3 is 9.64 Å². The highest BCUT2D eigenvalue weighted by molar-refractivity contribution is 5.85. The number of amides is 1. The van der Waals surface area contributed by atoms with Gasteiger partial charge in [-0.2, -0.15) is 0 Å². The summed E-state index contributed by atoms with van der Waals surface area (Å²) in [5.74, 6) is -0.519. The predicted molar refractivity (Wildman–Crippen MR) is 96.7 cm³/mol. The van der Waals surface area contributed by atoms with Crippen LogP contribution < -0.4 is 5.56 Å². The maximum absolute atomic E-state index is 12.6. The maximum atomic E-state index is 12.6. The molecule has 1 aromatic carbocycles. The molecule has 0 bridgehead atoms. The van der Waals surface area contributed by atoms with Gasteiger partial charge in [-0.25, -0.2) is 9.78 Å². The van der Waals surface area contributed by atoms with Gasteiger partial charge in [0, 0.05) is 19.5 Å². The topological polar surface area (TPSA) is 81.5 Å². The molecule has 1 aliphatic rings. The van der Waals surface area contributed by atoms with E-state index in [-0.39, 0.29) is 30.4 Å². The van der Waals surface area contributed by atoms with Gasteiger partial charge in [0.2, 0.25) is 5.91 Å². The molecule has 0 spiro atoms. The first kappa shape index (κ1) is 18.1. The van der Waals surface area contributed by atoms with E-state index >= 15 is 0 Å². The molecule has 26 heavy (non-hydrogen) atoms. The average Bonchev–Trinajstić information content (AvgIpc) is 2.67. The van der Waals surface area contributed by atoms with Crippen LogP contribution in [-0.4, -0.2) is 46.0 Å². The van der Waals surface area contributed by atoms with Gasteiger partial charge in [-0.3, -0.25) is 14.2 Å². The number of aryl methyl sites for hydroxylation is 2. The lowest BCUT2D eigenvalue weighted by Gasteiger charge is -2.33. The Kier molecular flexibility index (Phi) is 5.35. The zero-order chi connectivity index (χ0) is 18.7. The van der Waals surface area contributed by atoms with E-state index in [1.165, 1.54) is 18.0 Å². The Morgan fingerprint density at radius 2 is 2.12 bits per heavy atom. The third-order valence-electron chi connectivity index (χ3n) is 4.92. The number of ether oxygens (including phenoxy) is 1. The predicted octanol–water partition coefficient (Wildman–Crippen LogP) is 1.65. The second-order valence-corrected chi connectivity index (χ2v) is 6.59. The lowest BCUT2D eigenvalue weighted by molar-refractivity contribution is -0.154. The van der Waals surface area contributed by atoms with Crippen molar-refractivity contribution in [3.63, 3.8) is 0 Å². The molecule has 1 fully saturated rings. The summed E-state index contributed by atoms with van der Waals surface area (Å²) in [5, 5.41) is 0.547. The number of carbonyl (C=O) groups excluding carboxylic acids is 2. The molecule has 1 amide bonds. The van der Waals surface area contributed by atoms with E-state index < -0.39 is 6.04 Å². The number of para-hydroxylation sites is 1. The number of aromatic nitrogens is 2. The molecule has 2 heterocycles. The van der Waals surface area contributed by atoms with Crippen LogP contribution in [0.4, 0.5) is 0 Å². The fraction of sp³-hybridized carbons (Fsp3) is 0.474. The second-order valence-electron chi connectivity index (χ2n) is 6.59. The normalized spacial score (nSPS) is 17.3. The van der Waals surface area contributed by atoms with Gasteiger partial charge in [0.25, 0.3) is 5.56 Å². The quantitative estimate of drug-likeness (QED) is 0.777. The van der Waals surface area contributed by atoms with Crippen LogP contribution in [0.5, 0.6) is 0 Å². The lowest BCUT2D eigenvalue weighted by atomic mass is 10.0. The van der Waals surface area contributed by atoms with Gasteiger partial charge in [-0.15, -0.1) is 0 Å². The molecule has 0 saturated carbocycles. The van der Waals surface area contributed by atoms with Crippen molar-refractivity contribution in [2.75, 3.05) is 13.7 Å². The number of piperidine rings is 1. The molecule has 1 aromatic heterocycles. The number of hydrogen-bond donors (Lipinski definition) is 0. The summed E-state index contributed by atoms with van der Waals surface area (Å²) in [5.41, 5.74) is 1.47. The number of likely N-dealkylation sites (tertiary alicyclic amines) is 1. The van der Waals surface area contributed by atoms with E-state index in [0.29, 0.717) is 23.9 Å². The summed E-state index contributed by atoms with van der Waals surface area (Å²) in [7, 11) is 1.34. The molecule has 1 saturated heterocycles. The Morgan fingerprint density at radius 3 is 2.88 bits per heavy atom. The molecule has 0 N–H and O–H groups in total. The van der Waals surface area contributed by atoms with Gasteiger partial charge in [-0.1, -0.05) is 12.1 Å². The summed E-state index contributed by atoms with van der Waals surface area (Å²) in [4.78, 5) is 43.1. The van der Waals surface area contributed by atoms with Crippen LogP contribution in [0.15, 0.2) is 29.3 Å². The van der Waals surface area contributed by atoms with Crippen LogP contribution in [-0.2, 0) is 20.9 Å². The van der Waals surface area contributed by atoms with Gasteiger partial charge in [-0.05, 0) is 37.8 Å². The van der Waals surface area contributed by atoms with Crippen molar-refractivity contribution in [3.8, 4) is 0 Å². The zero-order valence-electron chi connectivity index (χ0n) is 15.1. The van der Waals surface area contributed by atoms with E-state index in [2.05, 4.69) is 4.98 Å². The van der Waals surface area contributed by atoms with Crippen LogP contribution in [0.2, 0.25) is 0 Å². The largest absolute Gasteiger partial charge is 0.467 e. The van der Waals surface area contributed by atoms with E-state index in [9.17, 15) is 14.4 Å². The van der Waals surface area contributed by atoms with Crippen molar-refractivity contribution in [1.82, 2.24) is 14.5 Å². The van der Waals surface area contributed by atoms with E-state index in [0.717, 1.165) is 18.4 Å². The minimum Gasteiger partial charge on any atom is -0.467 e. The Bertz CT molecular complexity index is 890. The number of nitrogens with zero attached hydrogens (tertiary/aromatic N) is 3. The molecule has 0 aliphatic carbocycles. The summed E-state index contributed by atoms with van der Waals surface area (Å²) in [6.45, 7) is 2.69. The molecule has 1 aliphatic heterocycles. The van der Waals surface area contributed by atoms with Crippen molar-refractivity contribution in [3.05, 3.63) is 40.4 Å². The fourth-order valence-corrected chi connectivity index (χ4v) is 3.47. The zero-order valence-corrected chi connectivity index (χ0v) is 15.1. The molecule has 7 heteroatoms. The van der Waals surface area contributed by atoms with Gasteiger partial charge in [0.1, 0.15) is 6.04 Å². The number of methoxy groups -OCH3 is 1. The molecule has 2 aromatic rings. The Labute approximate surface area is 151 Å². The summed E-state index contributed by atoms with van der Waals surface area (Å²) in [6, 6.07) is 4.96. The van der Waals surface area contributed by atoms with Crippen LogP contribution in [0.1, 0.15) is 31.2 Å². The van der Waals surface area contributed by atoms with Gasteiger partial charge >= 0.3 is 5.97 Å². The highest BCUT2D eigenvalue weighted by Crippen LogP contribution is 2.19. The molecule has 1 atom stereocenters. The van der Waals surface area contributed by atoms with Crippen LogP contribution >= 0.6 is 0 Å². The number of hydrogen-bond acceptors (Lipinski definition) is 5. The van der Waals surface area contributed by atoms with E-state index in [1.807, 2.05) is 19.1 Å². The first-order chi connectivity index (χ1) is 12.5. The molecule has 1 unspecified atom stereocenters. The monoisotopic (exact) mass is 357 g/mol. The number of esters is 1. The highest BCUT2D eigenvalue weighted by Gasteiger charge is 2.32. The average molecular weight is 357 g/mol. The smallest absolute Gasteiger partial charge is 0.328 e.